The van der Waals surface area contributed by atoms with Crippen LogP contribution in [-0.4, -0.2) is 0 Å². The topological polar surface area (TPSA) is 3.88 Å². The highest BCUT2D eigenvalue weighted by molar-refractivity contribution is 6.30. The molecule has 0 unspecified atom stereocenters. The van der Waals surface area contributed by atoms with Crippen LogP contribution in [0.25, 0.3) is 28.1 Å². The van der Waals surface area contributed by atoms with Gasteiger partial charge in [0.05, 0.1) is 5.41 Å². The Bertz CT molecular complexity index is 1170. The Balaban J connectivity index is 1.85. The molecule has 0 radical (unpaired) electrons. The van der Waals surface area contributed by atoms with Crippen LogP contribution in [0.4, 0.5) is 0 Å². The lowest BCUT2D eigenvalue weighted by Gasteiger charge is -2.15. The molecule has 5 rings (SSSR count). The van der Waals surface area contributed by atoms with E-state index < -0.39 is 0 Å². The second-order valence-corrected chi connectivity index (χ2v) is 8.30. The van der Waals surface area contributed by atoms with Crippen LogP contribution in [0.5, 0.6) is 0 Å². The summed E-state index contributed by atoms with van der Waals surface area (Å²) in [7, 11) is 0. The molecule has 2 heteroatoms. The zero-order valence-electron chi connectivity index (χ0n) is 16.0. The van der Waals surface area contributed by atoms with Crippen LogP contribution < -0.4 is 4.57 Å². The number of pyridine rings is 1. The first-order valence-electron chi connectivity index (χ1n) is 9.57. The van der Waals surface area contributed by atoms with Crippen molar-refractivity contribution in [2.24, 2.45) is 0 Å². The number of hydrogen-bond acceptors (Lipinski definition) is 0. The second-order valence-electron chi connectivity index (χ2n) is 7.86. The molecule has 1 aromatic heterocycles. The van der Waals surface area contributed by atoms with Crippen molar-refractivity contribution in [3.63, 3.8) is 0 Å². The molecule has 28 heavy (non-hydrogen) atoms. The van der Waals surface area contributed by atoms with Crippen LogP contribution in [0.2, 0.25) is 5.02 Å². The molecule has 0 bridgehead atoms. The molecule has 1 aliphatic rings. The number of rotatable bonds is 2. The van der Waals surface area contributed by atoms with Crippen molar-refractivity contribution >= 4 is 11.6 Å². The van der Waals surface area contributed by atoms with Gasteiger partial charge in [-0.1, -0.05) is 60.1 Å². The fourth-order valence-corrected chi connectivity index (χ4v) is 4.41. The number of hydrogen-bond donors (Lipinski definition) is 0. The van der Waals surface area contributed by atoms with Gasteiger partial charge < -0.3 is 0 Å². The zero-order chi connectivity index (χ0) is 19.3. The fourth-order valence-electron chi connectivity index (χ4n) is 4.28. The molecule has 3 aromatic carbocycles. The van der Waals surface area contributed by atoms with Gasteiger partial charge in [0.1, 0.15) is 0 Å². The van der Waals surface area contributed by atoms with Gasteiger partial charge in [0, 0.05) is 34.3 Å². The molecular weight excluding hydrogens is 362 g/mol. The molecule has 0 amide bonds. The van der Waals surface area contributed by atoms with E-state index in [0.717, 1.165) is 5.02 Å². The van der Waals surface area contributed by atoms with E-state index in [2.05, 4.69) is 97.3 Å². The van der Waals surface area contributed by atoms with Gasteiger partial charge in [-0.3, -0.25) is 0 Å². The minimum absolute atomic E-state index is 0.0669. The van der Waals surface area contributed by atoms with Crippen LogP contribution in [0.3, 0.4) is 0 Å². The van der Waals surface area contributed by atoms with Crippen LogP contribution in [-0.2, 0) is 5.41 Å². The molecular formula is C26H21ClN+. The summed E-state index contributed by atoms with van der Waals surface area (Å²) in [6.07, 6.45) is 0. The van der Waals surface area contributed by atoms with Crippen LogP contribution >= 0.6 is 11.6 Å². The Labute approximate surface area is 170 Å². The molecule has 0 saturated heterocycles. The van der Waals surface area contributed by atoms with E-state index >= 15 is 0 Å². The summed E-state index contributed by atoms with van der Waals surface area (Å²) in [6.45, 7) is 4.62. The molecule has 1 aliphatic heterocycles. The Hall–Kier alpha value is -2.90. The van der Waals surface area contributed by atoms with E-state index in [-0.39, 0.29) is 5.41 Å². The fraction of sp³-hybridized carbons (Fsp3) is 0.115. The first-order chi connectivity index (χ1) is 13.6. The van der Waals surface area contributed by atoms with Gasteiger partial charge >= 0.3 is 0 Å². The van der Waals surface area contributed by atoms with Crippen molar-refractivity contribution < 1.29 is 4.57 Å². The van der Waals surface area contributed by atoms with Gasteiger partial charge in [-0.2, -0.15) is 4.57 Å². The third kappa shape index (κ3) is 2.58. The summed E-state index contributed by atoms with van der Waals surface area (Å²) < 4.78 is 2.42. The molecule has 0 N–H and O–H groups in total. The molecule has 136 valence electrons. The first-order valence-corrected chi connectivity index (χ1v) is 9.95. The lowest BCUT2D eigenvalue weighted by Crippen LogP contribution is -2.37. The largest absolute Gasteiger partial charge is 0.219 e. The quantitative estimate of drug-likeness (QED) is 0.344. The number of fused-ring (bicyclic) bond motifs is 3. The lowest BCUT2D eigenvalue weighted by atomic mass is 9.82. The summed E-state index contributed by atoms with van der Waals surface area (Å²) in [5.41, 5.74) is 8.68. The summed E-state index contributed by atoms with van der Waals surface area (Å²) in [5.74, 6) is 0. The number of aromatic nitrogens is 1. The maximum Gasteiger partial charge on any atom is 0.219 e. The van der Waals surface area contributed by atoms with Crippen molar-refractivity contribution in [3.05, 3.63) is 107 Å². The maximum atomic E-state index is 6.12. The predicted octanol–water partition coefficient (Wildman–Crippen LogP) is 6.59. The van der Waals surface area contributed by atoms with E-state index in [1.807, 2.05) is 12.1 Å². The van der Waals surface area contributed by atoms with Crippen LogP contribution in [0.1, 0.15) is 25.1 Å². The second kappa shape index (κ2) is 6.32. The monoisotopic (exact) mass is 382 g/mol. The average molecular weight is 383 g/mol. The third-order valence-electron chi connectivity index (χ3n) is 5.77. The maximum absolute atomic E-state index is 6.12. The third-order valence-corrected chi connectivity index (χ3v) is 6.02. The molecule has 0 saturated carbocycles. The van der Waals surface area contributed by atoms with Crippen molar-refractivity contribution in [2.75, 3.05) is 0 Å². The van der Waals surface area contributed by atoms with E-state index in [0.29, 0.717) is 0 Å². The van der Waals surface area contributed by atoms with E-state index in [1.165, 1.54) is 39.3 Å². The smallest absolute Gasteiger partial charge is 0.156 e. The van der Waals surface area contributed by atoms with Crippen molar-refractivity contribution in [3.8, 4) is 28.1 Å². The Morgan fingerprint density at radius 3 is 2.11 bits per heavy atom. The summed E-state index contributed by atoms with van der Waals surface area (Å²) in [6, 6.07) is 32.1. The van der Waals surface area contributed by atoms with Crippen molar-refractivity contribution in [1.82, 2.24) is 0 Å². The summed E-state index contributed by atoms with van der Waals surface area (Å²) in [4.78, 5) is 0. The normalized spacial score (nSPS) is 13.8. The van der Waals surface area contributed by atoms with E-state index in [1.54, 1.807) is 0 Å². The molecule has 2 heterocycles. The number of halogens is 1. The zero-order valence-corrected chi connectivity index (χ0v) is 16.7. The Kier molecular flexibility index (Phi) is 3.89. The standard InChI is InChI=1S/C26H21ClN/c1-26(2)22-10-6-7-11-23(22)28-24(19-8-4-3-5-9-19)16-20(17-25(26)28)18-12-14-21(27)15-13-18/h3-17H,1-2H3/q+1. The highest BCUT2D eigenvalue weighted by Crippen LogP contribution is 2.41. The first kappa shape index (κ1) is 17.2. The summed E-state index contributed by atoms with van der Waals surface area (Å²) in [5, 5.41) is 0.760. The minimum Gasteiger partial charge on any atom is -0.156 e. The summed E-state index contributed by atoms with van der Waals surface area (Å²) >= 11 is 6.12. The van der Waals surface area contributed by atoms with Gasteiger partial charge in [0.2, 0.25) is 11.4 Å². The predicted molar refractivity (Wildman–Crippen MR) is 116 cm³/mol. The Morgan fingerprint density at radius 1 is 0.679 bits per heavy atom. The van der Waals surface area contributed by atoms with Gasteiger partial charge in [-0.15, -0.1) is 0 Å². The molecule has 0 fully saturated rings. The molecule has 0 aliphatic carbocycles. The van der Waals surface area contributed by atoms with Crippen LogP contribution in [0.15, 0.2) is 91.0 Å². The highest BCUT2D eigenvalue weighted by atomic mass is 35.5. The number of nitrogens with zero attached hydrogens (tertiary/aromatic N) is 1. The Morgan fingerprint density at radius 2 is 1.36 bits per heavy atom. The van der Waals surface area contributed by atoms with Crippen molar-refractivity contribution in [1.29, 1.82) is 0 Å². The van der Waals surface area contributed by atoms with Gasteiger partial charge in [-0.25, -0.2) is 0 Å². The van der Waals surface area contributed by atoms with E-state index in [9.17, 15) is 0 Å². The SMILES string of the molecule is CC1(C)c2ccccc2-[n+]2c(-c3ccccc3)cc(-c3ccc(Cl)cc3)cc21. The lowest BCUT2D eigenvalue weighted by molar-refractivity contribution is -0.588. The molecule has 0 atom stereocenters. The van der Waals surface area contributed by atoms with Crippen LogP contribution in [0, 0.1) is 0 Å². The number of para-hydroxylation sites is 1. The minimum atomic E-state index is -0.0669. The van der Waals surface area contributed by atoms with Gasteiger partial charge in [0.25, 0.3) is 0 Å². The van der Waals surface area contributed by atoms with Gasteiger partial charge in [-0.05, 0) is 49.2 Å². The number of benzene rings is 3. The molecule has 4 aromatic rings. The van der Waals surface area contributed by atoms with Crippen molar-refractivity contribution in [2.45, 2.75) is 19.3 Å². The molecule has 0 spiro atoms. The molecule has 1 nitrogen and oxygen atoms in total. The van der Waals surface area contributed by atoms with E-state index in [4.69, 9.17) is 11.6 Å². The highest BCUT2D eigenvalue weighted by Gasteiger charge is 2.45. The average Bonchev–Trinajstić information content (AvgIpc) is 2.96. The van der Waals surface area contributed by atoms with Gasteiger partial charge in [0.15, 0.2) is 5.69 Å².